The molecule has 1 aromatic carbocycles. The molecule has 0 fully saturated rings. The first-order valence-electron chi connectivity index (χ1n) is 11.5. The average Bonchev–Trinajstić information content (AvgIpc) is 2.84. The number of ketones is 1. The van der Waals surface area contributed by atoms with Gasteiger partial charge < -0.3 is 20.5 Å². The molecule has 12 nitrogen and oxygen atoms in total. The number of rotatable bonds is 11. The number of hydrogen-bond donors (Lipinski definition) is 4. The van der Waals surface area contributed by atoms with Gasteiger partial charge in [-0.05, 0) is 40.2 Å². The van der Waals surface area contributed by atoms with Crippen LogP contribution in [0.25, 0.3) is 0 Å². The van der Waals surface area contributed by atoms with Gasteiger partial charge in [-0.1, -0.05) is 0 Å². The van der Waals surface area contributed by atoms with Crippen LogP contribution in [-0.4, -0.2) is 63.2 Å². The van der Waals surface area contributed by atoms with Crippen molar-refractivity contribution in [1.82, 2.24) is 20.6 Å². The molecule has 4 N–H and O–H groups in total. The highest BCUT2D eigenvalue weighted by Crippen LogP contribution is 2.27. The molecule has 3 amide bonds. The summed E-state index contributed by atoms with van der Waals surface area (Å²) in [5.74, 6) is -10.8. The van der Waals surface area contributed by atoms with Crippen molar-refractivity contribution in [3.63, 3.8) is 0 Å². The third-order valence-corrected chi connectivity index (χ3v) is 5.23. The van der Waals surface area contributed by atoms with Gasteiger partial charge in [-0.2, -0.15) is 4.39 Å². The van der Waals surface area contributed by atoms with E-state index >= 15 is 0 Å². The molecule has 2 atom stereocenters. The molecule has 15 heteroatoms. The minimum absolute atomic E-state index is 0.131. The molecule has 0 aliphatic carbocycles. The van der Waals surface area contributed by atoms with E-state index in [-0.39, 0.29) is 5.95 Å². The molecule has 0 aliphatic rings. The van der Waals surface area contributed by atoms with Gasteiger partial charge in [0, 0.05) is 29.4 Å². The number of aliphatic carboxylic acids is 1. The summed E-state index contributed by atoms with van der Waals surface area (Å²) in [6.07, 6.45) is -0.995. The van der Waals surface area contributed by atoms with Gasteiger partial charge in [-0.25, -0.2) is 18.7 Å². The number of halogens is 3. The Morgan fingerprint density at radius 3 is 2.15 bits per heavy atom. The Hall–Kier alpha value is -4.56. The fourth-order valence-corrected chi connectivity index (χ4v) is 3.23. The van der Waals surface area contributed by atoms with E-state index in [0.29, 0.717) is 17.5 Å². The number of benzene rings is 1. The largest absolute Gasteiger partial charge is 0.482 e. The molecule has 0 unspecified atom stereocenters. The summed E-state index contributed by atoms with van der Waals surface area (Å²) in [5.41, 5.74) is 0.661. The molecule has 0 saturated heterocycles. The summed E-state index contributed by atoms with van der Waals surface area (Å²) < 4.78 is 46.2. The van der Waals surface area contributed by atoms with E-state index in [2.05, 4.69) is 25.9 Å². The second-order valence-electron chi connectivity index (χ2n) is 8.48. The monoisotopic (exact) mass is 553 g/mol. The Morgan fingerprint density at radius 2 is 1.56 bits per heavy atom. The number of nitrogens with zero attached hydrogens (tertiary/aromatic N) is 2. The summed E-state index contributed by atoms with van der Waals surface area (Å²) in [6, 6.07) is -0.919. The number of ether oxygens (including phenoxy) is 1. The molecule has 1 heterocycles. The Labute approximate surface area is 220 Å². The van der Waals surface area contributed by atoms with Gasteiger partial charge in [0.15, 0.2) is 17.3 Å². The molecule has 0 spiro atoms. The second-order valence-corrected chi connectivity index (χ2v) is 8.48. The van der Waals surface area contributed by atoms with E-state index in [4.69, 9.17) is 9.84 Å². The van der Waals surface area contributed by atoms with E-state index < -0.39 is 89.8 Å². The number of amides is 3. The van der Waals surface area contributed by atoms with Gasteiger partial charge >= 0.3 is 17.8 Å². The van der Waals surface area contributed by atoms with Crippen LogP contribution in [0.1, 0.15) is 36.7 Å². The molecule has 2 aromatic rings. The fraction of sp³-hybridized carbons (Fsp3) is 0.375. The quantitative estimate of drug-likeness (QED) is 0.236. The normalized spacial score (nSPS) is 12.2. The minimum atomic E-state index is -1.55. The van der Waals surface area contributed by atoms with E-state index in [0.717, 1.165) is 6.92 Å². The highest BCUT2D eigenvalue weighted by Gasteiger charge is 2.28. The second kappa shape index (κ2) is 13.3. The average molecular weight is 553 g/mol. The fourth-order valence-electron chi connectivity index (χ4n) is 3.23. The molecule has 0 radical (unpaired) electrons. The van der Waals surface area contributed by atoms with Crippen molar-refractivity contribution in [2.45, 2.75) is 52.6 Å². The number of nitrogens with one attached hydrogen (secondary N) is 3. The number of carboxylic acid groups (broad SMARTS) is 1. The molecule has 0 saturated carbocycles. The van der Waals surface area contributed by atoms with Gasteiger partial charge in [0.05, 0.1) is 6.04 Å². The minimum Gasteiger partial charge on any atom is -0.482 e. The highest BCUT2D eigenvalue weighted by atomic mass is 19.2. The number of carbonyl (C=O) groups is 5. The van der Waals surface area contributed by atoms with Gasteiger partial charge in [-0.15, -0.1) is 0 Å². The number of aromatic nitrogens is 2. The van der Waals surface area contributed by atoms with Crippen LogP contribution >= 0.6 is 0 Å². The predicted molar refractivity (Wildman–Crippen MR) is 128 cm³/mol. The first-order chi connectivity index (χ1) is 18.2. The maximum absolute atomic E-state index is 14.0. The van der Waals surface area contributed by atoms with Crippen molar-refractivity contribution >= 4 is 35.4 Å². The van der Waals surface area contributed by atoms with Crippen LogP contribution in [-0.2, 0) is 24.0 Å². The standard InChI is InChI=1S/C24H26F3N5O7/c1-10-7-11(2)29-24(28-10)32-23(38)22(37)30-13(4)21(36)31-16(5-6-18(34)35)17(33)9-39-20-12(3)14(25)8-15(26)19(20)27/h7-8,13,16H,5-6,9H2,1-4H3,(H,30,37)(H,31,36)(H,34,35)(H,28,29,32,38)/t13-,16-/m0/s1. The Morgan fingerprint density at radius 1 is 0.949 bits per heavy atom. The Kier molecular flexibility index (Phi) is 10.5. The number of carbonyl (C=O) groups excluding carboxylic acids is 4. The van der Waals surface area contributed by atoms with E-state index in [1.165, 1.54) is 6.92 Å². The lowest BCUT2D eigenvalue weighted by Gasteiger charge is -2.21. The third kappa shape index (κ3) is 8.76. The van der Waals surface area contributed by atoms with Crippen molar-refractivity contribution in [3.05, 3.63) is 46.5 Å². The number of carboxylic acids is 1. The molecule has 0 aliphatic heterocycles. The maximum atomic E-state index is 14.0. The molecule has 0 bridgehead atoms. The molecule has 210 valence electrons. The van der Waals surface area contributed by atoms with Crippen LogP contribution in [0.4, 0.5) is 19.1 Å². The lowest BCUT2D eigenvalue weighted by atomic mass is 10.1. The van der Waals surface area contributed by atoms with Crippen molar-refractivity contribution in [2.24, 2.45) is 0 Å². The van der Waals surface area contributed by atoms with Crippen LogP contribution in [0.3, 0.4) is 0 Å². The first-order valence-corrected chi connectivity index (χ1v) is 11.5. The van der Waals surface area contributed by atoms with E-state index in [1.54, 1.807) is 19.9 Å². The lowest BCUT2D eigenvalue weighted by Crippen LogP contribution is -2.52. The maximum Gasteiger partial charge on any atom is 0.316 e. The van der Waals surface area contributed by atoms with Gasteiger partial charge in [0.2, 0.25) is 17.7 Å². The van der Waals surface area contributed by atoms with Crippen molar-refractivity contribution in [1.29, 1.82) is 0 Å². The van der Waals surface area contributed by atoms with Crippen LogP contribution in [0.2, 0.25) is 0 Å². The number of Topliss-reactive ketones (excluding diaryl/α,β-unsaturated/α-hetero) is 1. The van der Waals surface area contributed by atoms with Crippen LogP contribution in [0, 0.1) is 38.2 Å². The molecular weight excluding hydrogens is 527 g/mol. The van der Waals surface area contributed by atoms with E-state index in [9.17, 15) is 37.1 Å². The van der Waals surface area contributed by atoms with Crippen LogP contribution in [0.5, 0.6) is 5.75 Å². The van der Waals surface area contributed by atoms with E-state index in [1.807, 2.05) is 0 Å². The van der Waals surface area contributed by atoms with Gasteiger partial charge in [0.25, 0.3) is 0 Å². The zero-order chi connectivity index (χ0) is 29.4. The smallest absolute Gasteiger partial charge is 0.316 e. The van der Waals surface area contributed by atoms with Crippen molar-refractivity contribution < 1.29 is 47.0 Å². The third-order valence-electron chi connectivity index (χ3n) is 5.23. The topological polar surface area (TPSA) is 177 Å². The molecule has 39 heavy (non-hydrogen) atoms. The first kappa shape index (κ1) is 30.7. The summed E-state index contributed by atoms with van der Waals surface area (Å²) in [6.45, 7) is 4.62. The van der Waals surface area contributed by atoms with Crippen molar-refractivity contribution in [2.75, 3.05) is 11.9 Å². The summed E-state index contributed by atoms with van der Waals surface area (Å²) >= 11 is 0. The summed E-state index contributed by atoms with van der Waals surface area (Å²) in [5, 5.41) is 15.5. The van der Waals surface area contributed by atoms with Crippen molar-refractivity contribution in [3.8, 4) is 5.75 Å². The number of anilines is 1. The zero-order valence-corrected chi connectivity index (χ0v) is 21.4. The van der Waals surface area contributed by atoms with Crippen LogP contribution in [0.15, 0.2) is 12.1 Å². The van der Waals surface area contributed by atoms with Gasteiger partial charge in [-0.3, -0.25) is 29.3 Å². The molecule has 2 rings (SSSR count). The highest BCUT2D eigenvalue weighted by molar-refractivity contribution is 6.39. The molecular formula is C24H26F3N5O7. The summed E-state index contributed by atoms with van der Waals surface area (Å²) in [7, 11) is 0. The van der Waals surface area contributed by atoms with Gasteiger partial charge in [0.1, 0.15) is 18.5 Å². The zero-order valence-electron chi connectivity index (χ0n) is 21.4. The number of aryl methyl sites for hydroxylation is 2. The number of hydrogen-bond acceptors (Lipinski definition) is 8. The lowest BCUT2D eigenvalue weighted by molar-refractivity contribution is -0.139. The van der Waals surface area contributed by atoms with Crippen LogP contribution < -0.4 is 20.7 Å². The SMILES string of the molecule is Cc1cc(C)nc(NC(=O)C(=O)N[C@@H](C)C(=O)N[C@@H](CCC(=O)O)C(=O)COc2c(C)c(F)cc(F)c2F)n1. The molecule has 1 aromatic heterocycles. The Balaban J connectivity index is 2.04. The predicted octanol–water partition coefficient (Wildman–Crippen LogP) is 1.26. The Bertz CT molecular complexity index is 1260. The summed E-state index contributed by atoms with van der Waals surface area (Å²) in [4.78, 5) is 68.6.